The highest BCUT2D eigenvalue weighted by Crippen LogP contribution is 2.32. The quantitative estimate of drug-likeness (QED) is 0.322. The summed E-state index contributed by atoms with van der Waals surface area (Å²) in [7, 11) is -7.85. The standard InChI is InChI=1S/C25H25NO5S2/c1-3-4-7-20-18-26-17-6-5-8-24(26)25(20)32(27,28)22-15-11-21(12-16-22)31-33(29,30)23-13-9-19(2)10-14-23/h5-6,8-18H,3-4,7H2,1-2H3. The predicted octanol–water partition coefficient (Wildman–Crippen LogP) is 5.19. The first-order valence-electron chi connectivity index (χ1n) is 10.7. The molecule has 0 saturated heterocycles. The van der Waals surface area contributed by atoms with Gasteiger partial charge in [0.2, 0.25) is 9.84 Å². The fourth-order valence-electron chi connectivity index (χ4n) is 3.68. The highest BCUT2D eigenvalue weighted by molar-refractivity contribution is 7.91. The molecule has 8 heteroatoms. The molecule has 0 radical (unpaired) electrons. The fourth-order valence-corrected chi connectivity index (χ4v) is 6.29. The van der Waals surface area contributed by atoms with Gasteiger partial charge in [-0.05, 0) is 73.9 Å². The van der Waals surface area contributed by atoms with Crippen LogP contribution in [0.5, 0.6) is 5.75 Å². The third kappa shape index (κ3) is 4.67. The van der Waals surface area contributed by atoms with E-state index in [0.717, 1.165) is 24.0 Å². The molecule has 4 aromatic rings. The normalized spacial score (nSPS) is 12.2. The Labute approximate surface area is 194 Å². The Hall–Kier alpha value is -3.10. The zero-order valence-corrected chi connectivity index (χ0v) is 20.1. The minimum Gasteiger partial charge on any atom is -0.379 e. The van der Waals surface area contributed by atoms with E-state index in [1.165, 1.54) is 36.4 Å². The maximum atomic E-state index is 13.6. The zero-order chi connectivity index (χ0) is 23.6. The van der Waals surface area contributed by atoms with Crippen molar-refractivity contribution in [2.24, 2.45) is 0 Å². The molecule has 172 valence electrons. The number of hydrogen-bond acceptors (Lipinski definition) is 5. The van der Waals surface area contributed by atoms with Crippen LogP contribution in [0.4, 0.5) is 0 Å². The van der Waals surface area contributed by atoms with Crippen molar-refractivity contribution >= 4 is 25.5 Å². The molecule has 0 aliphatic carbocycles. The van der Waals surface area contributed by atoms with Gasteiger partial charge in [0.05, 0.1) is 10.4 Å². The van der Waals surface area contributed by atoms with Crippen molar-refractivity contribution in [3.05, 3.63) is 90.3 Å². The van der Waals surface area contributed by atoms with Gasteiger partial charge < -0.3 is 8.58 Å². The Morgan fingerprint density at radius 2 is 1.52 bits per heavy atom. The van der Waals surface area contributed by atoms with Crippen molar-refractivity contribution < 1.29 is 21.0 Å². The lowest BCUT2D eigenvalue weighted by atomic mass is 10.1. The number of hydrogen-bond donors (Lipinski definition) is 0. The maximum Gasteiger partial charge on any atom is 0.339 e. The van der Waals surface area contributed by atoms with Crippen LogP contribution in [0.25, 0.3) is 5.52 Å². The van der Waals surface area contributed by atoms with E-state index in [1.54, 1.807) is 18.2 Å². The molecule has 0 aliphatic heterocycles. The van der Waals surface area contributed by atoms with Crippen LogP contribution in [-0.4, -0.2) is 21.2 Å². The van der Waals surface area contributed by atoms with Gasteiger partial charge in [0.1, 0.15) is 15.5 Å². The number of aromatic nitrogens is 1. The summed E-state index contributed by atoms with van der Waals surface area (Å²) in [5, 5.41) is 0. The number of benzene rings is 2. The lowest BCUT2D eigenvalue weighted by Crippen LogP contribution is -2.10. The van der Waals surface area contributed by atoms with E-state index in [-0.39, 0.29) is 20.4 Å². The molecule has 2 aromatic carbocycles. The summed E-state index contributed by atoms with van der Waals surface area (Å²) in [6, 6.07) is 17.3. The molecule has 6 nitrogen and oxygen atoms in total. The third-order valence-corrected chi connectivity index (χ3v) is 8.59. The Morgan fingerprint density at radius 1 is 0.848 bits per heavy atom. The largest absolute Gasteiger partial charge is 0.379 e. The van der Waals surface area contributed by atoms with Gasteiger partial charge >= 0.3 is 10.1 Å². The van der Waals surface area contributed by atoms with Gasteiger partial charge in [0.15, 0.2) is 0 Å². The average molecular weight is 484 g/mol. The topological polar surface area (TPSA) is 81.9 Å². The Morgan fingerprint density at radius 3 is 2.18 bits per heavy atom. The summed E-state index contributed by atoms with van der Waals surface area (Å²) in [6.07, 6.45) is 6.18. The molecule has 2 aromatic heterocycles. The van der Waals surface area contributed by atoms with Gasteiger partial charge in [-0.2, -0.15) is 8.42 Å². The zero-order valence-electron chi connectivity index (χ0n) is 18.4. The molecule has 2 heterocycles. The number of rotatable bonds is 8. The van der Waals surface area contributed by atoms with E-state index < -0.39 is 20.0 Å². The van der Waals surface area contributed by atoms with Crippen LogP contribution < -0.4 is 4.18 Å². The Kier molecular flexibility index (Phi) is 6.32. The van der Waals surface area contributed by atoms with Crippen molar-refractivity contribution in [2.75, 3.05) is 0 Å². The van der Waals surface area contributed by atoms with Crippen molar-refractivity contribution in [1.29, 1.82) is 0 Å². The number of unbranched alkanes of at least 4 members (excludes halogenated alkanes) is 1. The van der Waals surface area contributed by atoms with Gasteiger partial charge in [-0.25, -0.2) is 8.42 Å². The van der Waals surface area contributed by atoms with E-state index in [2.05, 4.69) is 6.92 Å². The highest BCUT2D eigenvalue weighted by Gasteiger charge is 2.26. The van der Waals surface area contributed by atoms with E-state index in [4.69, 9.17) is 4.18 Å². The molecular weight excluding hydrogens is 458 g/mol. The van der Waals surface area contributed by atoms with Crippen LogP contribution in [0.15, 0.2) is 93.8 Å². The molecule has 0 amide bonds. The van der Waals surface area contributed by atoms with E-state index in [9.17, 15) is 16.8 Å². The Bertz CT molecular complexity index is 1480. The van der Waals surface area contributed by atoms with Crippen LogP contribution in [-0.2, 0) is 26.4 Å². The molecule has 0 saturated carbocycles. The third-order valence-electron chi connectivity index (χ3n) is 5.43. The molecule has 33 heavy (non-hydrogen) atoms. The summed E-state index contributed by atoms with van der Waals surface area (Å²) in [5.74, 6) is 0.0440. The van der Waals surface area contributed by atoms with Crippen LogP contribution in [0.2, 0.25) is 0 Å². The second-order valence-electron chi connectivity index (χ2n) is 7.91. The number of fused-ring (bicyclic) bond motifs is 1. The summed E-state index contributed by atoms with van der Waals surface area (Å²) in [6.45, 7) is 3.92. The summed E-state index contributed by atoms with van der Waals surface area (Å²) in [5.41, 5.74) is 2.32. The van der Waals surface area contributed by atoms with Crippen LogP contribution in [0.1, 0.15) is 30.9 Å². The van der Waals surface area contributed by atoms with E-state index >= 15 is 0 Å². The lowest BCUT2D eigenvalue weighted by Gasteiger charge is -2.10. The number of nitrogens with zero attached hydrogens (tertiary/aromatic N) is 1. The maximum absolute atomic E-state index is 13.6. The van der Waals surface area contributed by atoms with Gasteiger partial charge in [0, 0.05) is 12.4 Å². The van der Waals surface area contributed by atoms with Crippen molar-refractivity contribution in [1.82, 2.24) is 4.40 Å². The molecule has 0 atom stereocenters. The fraction of sp³-hybridized carbons (Fsp3) is 0.200. The second-order valence-corrected chi connectivity index (χ2v) is 11.3. The number of pyridine rings is 1. The first kappa shape index (κ1) is 23.1. The van der Waals surface area contributed by atoms with Gasteiger partial charge in [-0.1, -0.05) is 37.1 Å². The summed E-state index contributed by atoms with van der Waals surface area (Å²) >= 11 is 0. The monoisotopic (exact) mass is 483 g/mol. The van der Waals surface area contributed by atoms with Crippen molar-refractivity contribution in [2.45, 2.75) is 47.8 Å². The number of sulfone groups is 1. The van der Waals surface area contributed by atoms with Crippen molar-refractivity contribution in [3.8, 4) is 5.75 Å². The molecule has 0 unspecified atom stereocenters. The molecule has 0 fully saturated rings. The van der Waals surface area contributed by atoms with E-state index in [0.29, 0.717) is 11.9 Å². The van der Waals surface area contributed by atoms with Gasteiger partial charge in [-0.15, -0.1) is 0 Å². The molecule has 0 N–H and O–H groups in total. The van der Waals surface area contributed by atoms with Crippen LogP contribution in [0, 0.1) is 6.92 Å². The molecule has 0 bridgehead atoms. The number of aryl methyl sites for hydroxylation is 2. The Balaban J connectivity index is 1.67. The first-order chi connectivity index (χ1) is 15.7. The SMILES string of the molecule is CCCCc1cn2ccccc2c1S(=O)(=O)c1ccc(OS(=O)(=O)c2ccc(C)cc2)cc1. The highest BCUT2D eigenvalue weighted by atomic mass is 32.2. The molecule has 0 aliphatic rings. The summed E-state index contributed by atoms with van der Waals surface area (Å²) in [4.78, 5) is 0.403. The smallest absolute Gasteiger partial charge is 0.339 e. The van der Waals surface area contributed by atoms with Crippen LogP contribution >= 0.6 is 0 Å². The lowest BCUT2D eigenvalue weighted by molar-refractivity contribution is 0.486. The summed E-state index contributed by atoms with van der Waals surface area (Å²) < 4.78 is 59.2. The van der Waals surface area contributed by atoms with Crippen molar-refractivity contribution in [3.63, 3.8) is 0 Å². The minimum absolute atomic E-state index is 0.0330. The van der Waals surface area contributed by atoms with Gasteiger partial charge in [-0.3, -0.25) is 0 Å². The molecular formula is C25H25NO5S2. The van der Waals surface area contributed by atoms with E-state index in [1.807, 2.05) is 35.9 Å². The van der Waals surface area contributed by atoms with Crippen LogP contribution in [0.3, 0.4) is 0 Å². The molecule has 0 spiro atoms. The van der Waals surface area contributed by atoms with Gasteiger partial charge in [0.25, 0.3) is 0 Å². The second kappa shape index (κ2) is 9.03. The molecule has 4 rings (SSSR count). The average Bonchev–Trinajstić information content (AvgIpc) is 3.17. The first-order valence-corrected chi connectivity index (χ1v) is 13.6. The predicted molar refractivity (Wildman–Crippen MR) is 127 cm³/mol. The minimum atomic E-state index is -4.02.